The Morgan fingerprint density at radius 2 is 2.33 bits per heavy atom. The first-order valence-corrected chi connectivity index (χ1v) is 7.07. The third-order valence-corrected chi connectivity index (χ3v) is 3.69. The summed E-state index contributed by atoms with van der Waals surface area (Å²) in [5, 5.41) is 14.2. The van der Waals surface area contributed by atoms with Crippen LogP contribution in [0.4, 0.5) is 15.8 Å². The minimum Gasteiger partial charge on any atom is -0.490 e. The van der Waals surface area contributed by atoms with Crippen molar-refractivity contribution in [2.45, 2.75) is 25.8 Å². The van der Waals surface area contributed by atoms with Crippen LogP contribution in [0.25, 0.3) is 0 Å². The van der Waals surface area contributed by atoms with E-state index in [9.17, 15) is 14.5 Å². The molecule has 1 saturated heterocycles. The van der Waals surface area contributed by atoms with Crippen LogP contribution in [0, 0.1) is 15.9 Å². The van der Waals surface area contributed by atoms with Crippen molar-refractivity contribution in [3.8, 4) is 5.75 Å². The number of nitro benzene ring substituents is 1. The van der Waals surface area contributed by atoms with Gasteiger partial charge in [-0.15, -0.1) is 0 Å². The minimum atomic E-state index is -0.632. The first kappa shape index (κ1) is 15.5. The average Bonchev–Trinajstić information content (AvgIpc) is 2.98. The van der Waals surface area contributed by atoms with E-state index in [0.717, 1.165) is 32.0 Å². The number of anilines is 1. The summed E-state index contributed by atoms with van der Waals surface area (Å²) in [6.45, 7) is 4.41. The van der Waals surface area contributed by atoms with Crippen LogP contribution in [0.1, 0.15) is 19.8 Å². The Bertz CT molecular complexity index is 518. The maximum absolute atomic E-state index is 14.3. The van der Waals surface area contributed by atoms with E-state index in [4.69, 9.17) is 4.74 Å². The number of nitrogens with one attached hydrogen (secondary N) is 1. The van der Waals surface area contributed by atoms with Crippen molar-refractivity contribution in [3.63, 3.8) is 0 Å². The Kier molecular flexibility index (Phi) is 4.95. The van der Waals surface area contributed by atoms with E-state index in [1.807, 2.05) is 11.8 Å². The lowest BCUT2D eigenvalue weighted by molar-refractivity contribution is -0.385. The molecule has 1 aromatic carbocycles. The molecule has 1 unspecified atom stereocenters. The molecule has 1 aromatic rings. The summed E-state index contributed by atoms with van der Waals surface area (Å²) in [6.07, 6.45) is 1.80. The smallest absolute Gasteiger partial charge is 0.313 e. The number of methoxy groups -OCH3 is 1. The van der Waals surface area contributed by atoms with Gasteiger partial charge in [0.25, 0.3) is 0 Å². The van der Waals surface area contributed by atoms with E-state index in [-0.39, 0.29) is 17.5 Å². The monoisotopic (exact) mass is 297 g/mol. The highest BCUT2D eigenvalue weighted by Crippen LogP contribution is 2.35. The van der Waals surface area contributed by atoms with Crippen molar-refractivity contribution in [3.05, 3.63) is 28.1 Å². The van der Waals surface area contributed by atoms with E-state index in [2.05, 4.69) is 5.32 Å². The van der Waals surface area contributed by atoms with Gasteiger partial charge in [0.2, 0.25) is 0 Å². The summed E-state index contributed by atoms with van der Waals surface area (Å²) in [5.41, 5.74) is 0.0211. The van der Waals surface area contributed by atoms with Gasteiger partial charge < -0.3 is 15.0 Å². The molecule has 1 fully saturated rings. The Morgan fingerprint density at radius 3 is 2.86 bits per heavy atom. The van der Waals surface area contributed by atoms with E-state index in [1.54, 1.807) is 0 Å². The predicted molar refractivity (Wildman–Crippen MR) is 78.5 cm³/mol. The molecule has 1 N–H and O–H groups in total. The third kappa shape index (κ3) is 3.24. The molecular formula is C14H20FN3O3. The molecule has 0 bridgehead atoms. The molecule has 116 valence electrons. The average molecular weight is 297 g/mol. The number of ether oxygens (including phenoxy) is 1. The van der Waals surface area contributed by atoms with Gasteiger partial charge in [0.05, 0.1) is 23.8 Å². The largest absolute Gasteiger partial charge is 0.490 e. The zero-order valence-electron chi connectivity index (χ0n) is 12.3. The van der Waals surface area contributed by atoms with Crippen molar-refractivity contribution >= 4 is 11.4 Å². The molecule has 2 rings (SSSR count). The predicted octanol–water partition coefficient (Wildman–Crippen LogP) is 2.32. The molecule has 1 aliphatic heterocycles. The Morgan fingerprint density at radius 1 is 1.57 bits per heavy atom. The van der Waals surface area contributed by atoms with Gasteiger partial charge in [-0.3, -0.25) is 10.1 Å². The third-order valence-electron chi connectivity index (χ3n) is 3.69. The van der Waals surface area contributed by atoms with Gasteiger partial charge >= 0.3 is 5.69 Å². The zero-order valence-corrected chi connectivity index (χ0v) is 12.3. The first-order chi connectivity index (χ1) is 10.1. The molecular weight excluding hydrogens is 277 g/mol. The number of nitro groups is 1. The highest BCUT2D eigenvalue weighted by molar-refractivity contribution is 5.61. The fourth-order valence-corrected chi connectivity index (χ4v) is 2.70. The number of benzene rings is 1. The lowest BCUT2D eigenvalue weighted by Gasteiger charge is -2.30. The lowest BCUT2D eigenvalue weighted by Crippen LogP contribution is -2.38. The molecule has 0 saturated carbocycles. The maximum atomic E-state index is 14.3. The summed E-state index contributed by atoms with van der Waals surface area (Å²) < 4.78 is 19.4. The van der Waals surface area contributed by atoms with Crippen LogP contribution in [-0.2, 0) is 0 Å². The standard InChI is InChI=1S/C14H20FN3O3/c1-3-6-17(10-4-5-16-9-10)12-8-14(21-2)13(18(19)20)7-11(12)15/h7-8,10,16H,3-6,9H2,1-2H3. The van der Waals surface area contributed by atoms with Gasteiger partial charge in [-0.25, -0.2) is 4.39 Å². The van der Waals surface area contributed by atoms with Gasteiger partial charge in [0.15, 0.2) is 11.6 Å². The number of hydrogen-bond acceptors (Lipinski definition) is 5. The molecule has 0 aromatic heterocycles. The number of halogens is 1. The number of hydrogen-bond donors (Lipinski definition) is 1. The second kappa shape index (κ2) is 6.71. The SMILES string of the molecule is CCCN(c1cc(OC)c([N+](=O)[O-])cc1F)C1CCNC1. The van der Waals surface area contributed by atoms with Crippen molar-refractivity contribution in [1.29, 1.82) is 0 Å². The first-order valence-electron chi connectivity index (χ1n) is 7.07. The van der Waals surface area contributed by atoms with Crippen LogP contribution in [0.5, 0.6) is 5.75 Å². The van der Waals surface area contributed by atoms with Gasteiger partial charge in [-0.05, 0) is 19.4 Å². The number of rotatable bonds is 6. The van der Waals surface area contributed by atoms with Gasteiger partial charge in [0, 0.05) is 25.2 Å². The summed E-state index contributed by atoms with van der Waals surface area (Å²) in [4.78, 5) is 12.3. The molecule has 1 heterocycles. The molecule has 0 radical (unpaired) electrons. The van der Waals surface area contributed by atoms with E-state index in [1.165, 1.54) is 13.2 Å². The molecule has 0 amide bonds. The highest BCUT2D eigenvalue weighted by Gasteiger charge is 2.27. The summed E-state index contributed by atoms with van der Waals surface area (Å²) in [5.74, 6) is -0.494. The Hall–Kier alpha value is -1.89. The van der Waals surface area contributed by atoms with Gasteiger partial charge in [-0.2, -0.15) is 0 Å². The number of nitrogens with zero attached hydrogens (tertiary/aromatic N) is 2. The van der Waals surface area contributed by atoms with Crippen LogP contribution in [0.15, 0.2) is 12.1 Å². The second-order valence-corrected chi connectivity index (χ2v) is 5.07. The fourth-order valence-electron chi connectivity index (χ4n) is 2.70. The second-order valence-electron chi connectivity index (χ2n) is 5.07. The van der Waals surface area contributed by atoms with Gasteiger partial charge in [0.1, 0.15) is 0 Å². The normalized spacial score (nSPS) is 17.8. The summed E-state index contributed by atoms with van der Waals surface area (Å²) in [6, 6.07) is 2.58. The van der Waals surface area contributed by atoms with Crippen molar-refractivity contribution in [2.24, 2.45) is 0 Å². The summed E-state index contributed by atoms with van der Waals surface area (Å²) in [7, 11) is 1.35. The van der Waals surface area contributed by atoms with Crippen LogP contribution < -0.4 is 15.0 Å². The maximum Gasteiger partial charge on any atom is 0.313 e. The van der Waals surface area contributed by atoms with Crippen LogP contribution >= 0.6 is 0 Å². The Balaban J connectivity index is 2.41. The van der Waals surface area contributed by atoms with E-state index < -0.39 is 10.7 Å². The summed E-state index contributed by atoms with van der Waals surface area (Å²) >= 11 is 0. The van der Waals surface area contributed by atoms with Gasteiger partial charge in [-0.1, -0.05) is 6.92 Å². The molecule has 1 atom stereocenters. The molecule has 7 heteroatoms. The highest BCUT2D eigenvalue weighted by atomic mass is 19.1. The van der Waals surface area contributed by atoms with Crippen LogP contribution in [0.3, 0.4) is 0 Å². The lowest BCUT2D eigenvalue weighted by atomic mass is 10.1. The molecule has 21 heavy (non-hydrogen) atoms. The topological polar surface area (TPSA) is 67.6 Å². The van der Waals surface area contributed by atoms with Crippen LogP contribution in [-0.4, -0.2) is 37.7 Å². The van der Waals surface area contributed by atoms with E-state index in [0.29, 0.717) is 12.2 Å². The van der Waals surface area contributed by atoms with Crippen molar-refractivity contribution in [1.82, 2.24) is 5.32 Å². The van der Waals surface area contributed by atoms with Crippen LogP contribution in [0.2, 0.25) is 0 Å². The quantitative estimate of drug-likeness (QED) is 0.644. The Labute approximate surface area is 123 Å². The fraction of sp³-hybridized carbons (Fsp3) is 0.571. The molecule has 1 aliphatic rings. The molecule has 0 spiro atoms. The zero-order chi connectivity index (χ0) is 15.4. The van der Waals surface area contributed by atoms with Crippen molar-refractivity contribution in [2.75, 3.05) is 31.6 Å². The van der Waals surface area contributed by atoms with E-state index >= 15 is 0 Å². The molecule has 6 nitrogen and oxygen atoms in total. The van der Waals surface area contributed by atoms with Crippen molar-refractivity contribution < 1.29 is 14.1 Å². The minimum absolute atomic E-state index is 0.0865. The molecule has 0 aliphatic carbocycles.